The Kier molecular flexibility index (Phi) is 3.20. The van der Waals surface area contributed by atoms with Gasteiger partial charge in [-0.3, -0.25) is 4.79 Å². The fraction of sp³-hybridized carbons (Fsp3) is 0. The Morgan fingerprint density at radius 2 is 2.06 bits per heavy atom. The molecule has 2 nitrogen and oxygen atoms in total. The van der Waals surface area contributed by atoms with Gasteiger partial charge in [0.15, 0.2) is 0 Å². The number of benzene rings is 1. The lowest BCUT2D eigenvalue weighted by Gasteiger charge is -2.03. The highest BCUT2D eigenvalue weighted by atomic mass is 79.9. The van der Waals surface area contributed by atoms with E-state index in [2.05, 4.69) is 21.2 Å². The Morgan fingerprint density at radius 3 is 2.83 bits per heavy atom. The van der Waals surface area contributed by atoms with Crippen LogP contribution in [0.2, 0.25) is 0 Å². The molecule has 0 aliphatic carbocycles. The number of halogens is 1. The fourth-order valence-corrected chi connectivity index (χ4v) is 4.04. The van der Waals surface area contributed by atoms with Gasteiger partial charge >= 0.3 is 0 Å². The molecule has 90 valence electrons. The minimum Gasteiger partial charge on any atom is -0.321 e. The molecule has 1 amide bonds. The molecule has 0 aliphatic heterocycles. The van der Waals surface area contributed by atoms with Gasteiger partial charge in [0.05, 0.1) is 4.88 Å². The molecule has 0 spiro atoms. The lowest BCUT2D eigenvalue weighted by Crippen LogP contribution is -2.09. The number of hydrogen-bond acceptors (Lipinski definition) is 3. The zero-order valence-corrected chi connectivity index (χ0v) is 12.4. The van der Waals surface area contributed by atoms with E-state index in [1.165, 1.54) is 20.7 Å². The number of rotatable bonds is 2. The predicted octanol–water partition coefficient (Wildman–Crippen LogP) is 4.98. The van der Waals surface area contributed by atoms with Crippen molar-refractivity contribution in [1.82, 2.24) is 0 Å². The molecule has 0 bridgehead atoms. The van der Waals surface area contributed by atoms with E-state index >= 15 is 0 Å². The lowest BCUT2D eigenvalue weighted by molar-refractivity contribution is 0.103. The SMILES string of the molecule is O=C(Nc1cccc(Br)c1)c1cc2sccc2s1. The van der Waals surface area contributed by atoms with E-state index in [1.807, 2.05) is 41.8 Å². The fourth-order valence-electron chi connectivity index (χ4n) is 1.64. The van der Waals surface area contributed by atoms with Crippen molar-refractivity contribution in [1.29, 1.82) is 0 Å². The van der Waals surface area contributed by atoms with E-state index < -0.39 is 0 Å². The maximum atomic E-state index is 12.1. The molecule has 1 N–H and O–H groups in total. The zero-order chi connectivity index (χ0) is 12.5. The van der Waals surface area contributed by atoms with Crippen LogP contribution in [0.5, 0.6) is 0 Å². The molecule has 2 heterocycles. The van der Waals surface area contributed by atoms with Crippen molar-refractivity contribution in [2.45, 2.75) is 0 Å². The van der Waals surface area contributed by atoms with Gasteiger partial charge in [-0.25, -0.2) is 0 Å². The zero-order valence-electron chi connectivity index (χ0n) is 9.14. The van der Waals surface area contributed by atoms with E-state index in [4.69, 9.17) is 0 Å². The maximum Gasteiger partial charge on any atom is 0.265 e. The van der Waals surface area contributed by atoms with E-state index in [0.29, 0.717) is 0 Å². The van der Waals surface area contributed by atoms with Crippen molar-refractivity contribution >= 4 is 59.6 Å². The number of hydrogen-bond donors (Lipinski definition) is 1. The minimum absolute atomic E-state index is 0.0542. The molecule has 0 unspecified atom stereocenters. The molecule has 0 saturated heterocycles. The highest BCUT2D eigenvalue weighted by Crippen LogP contribution is 2.30. The first kappa shape index (κ1) is 11.9. The molecule has 1 aromatic carbocycles. The normalized spacial score (nSPS) is 10.7. The number of carbonyl (C=O) groups is 1. The summed E-state index contributed by atoms with van der Waals surface area (Å²) in [5.74, 6) is -0.0542. The second-order valence-corrected chi connectivity index (χ2v) is 6.67. The molecule has 0 fully saturated rings. The van der Waals surface area contributed by atoms with Gasteiger partial charge in [-0.2, -0.15) is 0 Å². The first-order valence-corrected chi connectivity index (χ1v) is 7.75. The first-order valence-electron chi connectivity index (χ1n) is 5.26. The third-order valence-electron chi connectivity index (χ3n) is 2.45. The van der Waals surface area contributed by atoms with Crippen molar-refractivity contribution in [2.75, 3.05) is 5.32 Å². The Labute approximate surface area is 120 Å². The number of anilines is 1. The van der Waals surface area contributed by atoms with Crippen LogP contribution in [0.25, 0.3) is 9.40 Å². The molecule has 0 aliphatic rings. The van der Waals surface area contributed by atoms with Gasteiger partial charge in [0.25, 0.3) is 5.91 Å². The molecule has 0 atom stereocenters. The summed E-state index contributed by atoms with van der Waals surface area (Å²) in [5, 5.41) is 4.93. The predicted molar refractivity (Wildman–Crippen MR) is 81.8 cm³/mol. The van der Waals surface area contributed by atoms with Crippen molar-refractivity contribution in [2.24, 2.45) is 0 Å². The molecule has 0 radical (unpaired) electrons. The summed E-state index contributed by atoms with van der Waals surface area (Å²) in [6.45, 7) is 0. The van der Waals surface area contributed by atoms with E-state index in [1.54, 1.807) is 11.3 Å². The summed E-state index contributed by atoms with van der Waals surface area (Å²) < 4.78 is 3.28. The Hall–Kier alpha value is -1.17. The van der Waals surface area contributed by atoms with Crippen LogP contribution in [0.4, 0.5) is 5.69 Å². The van der Waals surface area contributed by atoms with Gasteiger partial charge in [0.2, 0.25) is 0 Å². The van der Waals surface area contributed by atoms with Gasteiger partial charge in [0.1, 0.15) is 0 Å². The van der Waals surface area contributed by atoms with Gasteiger partial charge in [0, 0.05) is 19.6 Å². The monoisotopic (exact) mass is 337 g/mol. The van der Waals surface area contributed by atoms with Crippen LogP contribution in [0.3, 0.4) is 0 Å². The second-order valence-electron chi connectivity index (χ2n) is 3.72. The molecular weight excluding hydrogens is 330 g/mol. The summed E-state index contributed by atoms with van der Waals surface area (Å²) in [6.07, 6.45) is 0. The highest BCUT2D eigenvalue weighted by Gasteiger charge is 2.11. The van der Waals surface area contributed by atoms with Crippen LogP contribution < -0.4 is 5.32 Å². The standard InChI is InChI=1S/C13H8BrNOS2/c14-8-2-1-3-9(6-8)15-13(16)12-7-11-10(18-12)4-5-17-11/h1-7H,(H,15,16). The number of carbonyl (C=O) groups excluding carboxylic acids is 1. The average Bonchev–Trinajstić information content (AvgIpc) is 2.88. The van der Waals surface area contributed by atoms with Gasteiger partial charge < -0.3 is 5.32 Å². The van der Waals surface area contributed by atoms with Crippen LogP contribution in [-0.4, -0.2) is 5.91 Å². The summed E-state index contributed by atoms with van der Waals surface area (Å²) in [4.78, 5) is 12.8. The molecule has 18 heavy (non-hydrogen) atoms. The molecule has 3 rings (SSSR count). The van der Waals surface area contributed by atoms with Crippen LogP contribution in [0, 0.1) is 0 Å². The first-order chi connectivity index (χ1) is 8.72. The number of amides is 1. The third kappa shape index (κ3) is 2.34. The Morgan fingerprint density at radius 1 is 1.17 bits per heavy atom. The molecular formula is C13H8BrNOS2. The molecule has 2 aromatic heterocycles. The summed E-state index contributed by atoms with van der Waals surface area (Å²) in [5.41, 5.74) is 0.797. The average molecular weight is 338 g/mol. The number of thiophene rings is 2. The third-order valence-corrected chi connectivity index (χ3v) is 5.03. The van der Waals surface area contributed by atoms with Gasteiger partial charge in [-0.15, -0.1) is 22.7 Å². The van der Waals surface area contributed by atoms with E-state index in [9.17, 15) is 4.79 Å². The van der Waals surface area contributed by atoms with Crippen molar-refractivity contribution < 1.29 is 4.79 Å². The quantitative estimate of drug-likeness (QED) is 0.702. The lowest BCUT2D eigenvalue weighted by atomic mass is 10.3. The topological polar surface area (TPSA) is 29.1 Å². The minimum atomic E-state index is -0.0542. The molecule has 0 saturated carbocycles. The van der Waals surface area contributed by atoms with Gasteiger partial charge in [-0.1, -0.05) is 22.0 Å². The smallest absolute Gasteiger partial charge is 0.265 e. The van der Waals surface area contributed by atoms with Crippen molar-refractivity contribution in [3.8, 4) is 0 Å². The van der Waals surface area contributed by atoms with Crippen LogP contribution in [-0.2, 0) is 0 Å². The number of fused-ring (bicyclic) bond motifs is 1. The summed E-state index contributed by atoms with van der Waals surface area (Å²) in [7, 11) is 0. The number of nitrogens with one attached hydrogen (secondary N) is 1. The Bertz CT molecular complexity index is 688. The van der Waals surface area contributed by atoms with Crippen LogP contribution >= 0.6 is 38.6 Å². The van der Waals surface area contributed by atoms with E-state index in [0.717, 1.165) is 15.0 Å². The van der Waals surface area contributed by atoms with Crippen LogP contribution in [0.1, 0.15) is 9.67 Å². The Balaban J connectivity index is 1.85. The van der Waals surface area contributed by atoms with Crippen molar-refractivity contribution in [3.63, 3.8) is 0 Å². The highest BCUT2D eigenvalue weighted by molar-refractivity contribution is 9.10. The molecule has 3 aromatic rings. The largest absolute Gasteiger partial charge is 0.321 e. The summed E-state index contributed by atoms with van der Waals surface area (Å²) in [6, 6.07) is 11.6. The van der Waals surface area contributed by atoms with E-state index in [-0.39, 0.29) is 5.91 Å². The van der Waals surface area contributed by atoms with Crippen LogP contribution in [0.15, 0.2) is 46.3 Å². The summed E-state index contributed by atoms with van der Waals surface area (Å²) >= 11 is 6.56. The van der Waals surface area contributed by atoms with Gasteiger partial charge in [-0.05, 0) is 35.7 Å². The maximum absolute atomic E-state index is 12.1. The second kappa shape index (κ2) is 4.84. The van der Waals surface area contributed by atoms with Crippen molar-refractivity contribution in [3.05, 3.63) is 51.1 Å². The molecule has 5 heteroatoms.